The summed E-state index contributed by atoms with van der Waals surface area (Å²) in [6.07, 6.45) is 3.60. The van der Waals surface area contributed by atoms with Crippen molar-refractivity contribution in [3.63, 3.8) is 0 Å². The lowest BCUT2D eigenvalue weighted by Gasteiger charge is -2.14. The molecule has 0 saturated carbocycles. The second-order valence-corrected chi connectivity index (χ2v) is 7.82. The number of hydrogen-bond donors (Lipinski definition) is 1. The number of Topliss-reactive ketones (excluding diaryl/α,β-unsaturated/α-hetero) is 1. The van der Waals surface area contributed by atoms with E-state index >= 15 is 0 Å². The van der Waals surface area contributed by atoms with Crippen LogP contribution >= 0.6 is 35.8 Å². The largest absolute Gasteiger partial charge is 0.316 e. The van der Waals surface area contributed by atoms with Crippen molar-refractivity contribution < 1.29 is 4.79 Å². The molecule has 1 aliphatic heterocycles. The summed E-state index contributed by atoms with van der Waals surface area (Å²) in [4.78, 5) is 13.2. The van der Waals surface area contributed by atoms with Gasteiger partial charge < -0.3 is 5.32 Å². The first kappa shape index (κ1) is 21.3. The Bertz CT molecular complexity index is 746. The number of carbonyl (C=O) groups is 1. The van der Waals surface area contributed by atoms with E-state index in [2.05, 4.69) is 23.5 Å². The van der Waals surface area contributed by atoms with E-state index in [9.17, 15) is 4.79 Å². The normalized spacial score (nSPS) is 13.5. The Labute approximate surface area is 171 Å². The molecule has 3 rings (SSSR count). The fourth-order valence-corrected chi connectivity index (χ4v) is 4.64. The van der Waals surface area contributed by atoms with Gasteiger partial charge in [0.15, 0.2) is 5.78 Å². The third kappa shape index (κ3) is 5.26. The molecule has 0 fully saturated rings. The molecule has 0 aliphatic carbocycles. The van der Waals surface area contributed by atoms with Crippen molar-refractivity contribution in [1.29, 1.82) is 0 Å². The molecule has 0 spiro atoms. The fourth-order valence-electron chi connectivity index (χ4n) is 3.18. The third-order valence-corrected chi connectivity index (χ3v) is 6.23. The summed E-state index contributed by atoms with van der Waals surface area (Å²) in [5.74, 6) is 1.09. The highest BCUT2D eigenvalue weighted by molar-refractivity contribution is 7.98. The fraction of sp³-hybridized carbons (Fsp3) is 0.381. The quantitative estimate of drug-likeness (QED) is 0.488. The second kappa shape index (κ2) is 10.4. The van der Waals surface area contributed by atoms with Crippen LogP contribution in [0.2, 0.25) is 5.02 Å². The molecule has 0 amide bonds. The van der Waals surface area contributed by atoms with Crippen LogP contribution in [0.1, 0.15) is 46.8 Å². The lowest BCUT2D eigenvalue weighted by molar-refractivity contribution is 0.0982. The zero-order valence-electron chi connectivity index (χ0n) is 15.0. The molecule has 2 aromatic carbocycles. The van der Waals surface area contributed by atoms with Crippen LogP contribution in [0.25, 0.3) is 0 Å². The lowest BCUT2D eigenvalue weighted by atomic mass is 10.0. The highest BCUT2D eigenvalue weighted by atomic mass is 35.5. The Balaban J connectivity index is 0.00000243. The Hall–Kier alpha value is -1.00. The topological polar surface area (TPSA) is 29.1 Å². The number of benzene rings is 2. The summed E-state index contributed by atoms with van der Waals surface area (Å²) in [5.41, 5.74) is 4.85. The number of fused-ring (bicyclic) bond motifs is 1. The first-order chi connectivity index (χ1) is 12.2. The highest BCUT2D eigenvalue weighted by Gasteiger charge is 2.15. The van der Waals surface area contributed by atoms with Crippen LogP contribution in [-0.4, -0.2) is 18.9 Å². The predicted molar refractivity (Wildman–Crippen MR) is 114 cm³/mol. The van der Waals surface area contributed by atoms with Crippen LogP contribution in [-0.2, 0) is 18.6 Å². The summed E-state index contributed by atoms with van der Waals surface area (Å²) >= 11 is 8.30. The van der Waals surface area contributed by atoms with Crippen LogP contribution in [0, 0.1) is 0 Å². The van der Waals surface area contributed by atoms with Crippen LogP contribution in [0.4, 0.5) is 0 Å². The van der Waals surface area contributed by atoms with E-state index in [0.717, 1.165) is 48.7 Å². The molecule has 2 aromatic rings. The predicted octanol–water partition coefficient (Wildman–Crippen LogP) is 5.73. The highest BCUT2D eigenvalue weighted by Crippen LogP contribution is 2.36. The molecule has 2 nitrogen and oxygen atoms in total. The number of nitrogens with one attached hydrogen (secondary N) is 1. The van der Waals surface area contributed by atoms with Crippen LogP contribution in [0.5, 0.6) is 0 Å². The Kier molecular flexibility index (Phi) is 8.49. The molecule has 0 radical (unpaired) electrons. The van der Waals surface area contributed by atoms with Crippen molar-refractivity contribution in [1.82, 2.24) is 5.32 Å². The number of rotatable bonds is 6. The zero-order valence-corrected chi connectivity index (χ0v) is 17.4. The van der Waals surface area contributed by atoms with E-state index < -0.39 is 0 Å². The standard InChI is InChI=1S/C21H24ClNOS.ClH/c1-2-3-20(24)17-6-4-15(5-7-17)14-25-21-18-11-13-23-12-10-16(18)8-9-19(21)22;/h4-9,23H,2-3,10-14H2,1H3;1H. The van der Waals surface area contributed by atoms with Gasteiger partial charge in [0.2, 0.25) is 0 Å². The number of thioether (sulfide) groups is 1. The van der Waals surface area contributed by atoms with Crippen molar-refractivity contribution >= 4 is 41.6 Å². The summed E-state index contributed by atoms with van der Waals surface area (Å²) in [7, 11) is 0. The molecule has 26 heavy (non-hydrogen) atoms. The average molecular weight is 410 g/mol. The van der Waals surface area contributed by atoms with Gasteiger partial charge in [-0.2, -0.15) is 0 Å². The first-order valence-electron chi connectivity index (χ1n) is 8.95. The molecular formula is C21H25Cl2NOS. The summed E-state index contributed by atoms with van der Waals surface area (Å²) in [6.45, 7) is 4.08. The zero-order chi connectivity index (χ0) is 17.6. The van der Waals surface area contributed by atoms with Gasteiger partial charge in [0.1, 0.15) is 0 Å². The first-order valence-corrected chi connectivity index (χ1v) is 10.3. The molecule has 1 heterocycles. The van der Waals surface area contributed by atoms with E-state index in [4.69, 9.17) is 11.6 Å². The van der Waals surface area contributed by atoms with Gasteiger partial charge in [-0.05, 0) is 55.1 Å². The molecule has 0 atom stereocenters. The van der Waals surface area contributed by atoms with Gasteiger partial charge >= 0.3 is 0 Å². The lowest BCUT2D eigenvalue weighted by Crippen LogP contribution is -2.16. The van der Waals surface area contributed by atoms with E-state index in [-0.39, 0.29) is 18.2 Å². The maximum atomic E-state index is 11.9. The maximum absolute atomic E-state index is 11.9. The number of ketones is 1. The minimum absolute atomic E-state index is 0. The third-order valence-electron chi connectivity index (χ3n) is 4.57. The molecule has 0 saturated heterocycles. The van der Waals surface area contributed by atoms with Crippen molar-refractivity contribution in [2.45, 2.75) is 43.3 Å². The van der Waals surface area contributed by atoms with Crippen molar-refractivity contribution in [3.8, 4) is 0 Å². The minimum atomic E-state index is 0. The van der Waals surface area contributed by atoms with E-state index in [0.29, 0.717) is 6.42 Å². The average Bonchev–Trinajstić information content (AvgIpc) is 2.87. The summed E-state index contributed by atoms with van der Waals surface area (Å²) in [6, 6.07) is 12.2. The number of halogens is 2. The molecule has 1 aliphatic rings. The van der Waals surface area contributed by atoms with Gasteiger partial charge in [-0.1, -0.05) is 48.9 Å². The summed E-state index contributed by atoms with van der Waals surface area (Å²) < 4.78 is 0. The molecule has 5 heteroatoms. The van der Waals surface area contributed by atoms with Crippen LogP contribution < -0.4 is 5.32 Å². The smallest absolute Gasteiger partial charge is 0.162 e. The monoisotopic (exact) mass is 409 g/mol. The Morgan fingerprint density at radius 3 is 2.58 bits per heavy atom. The summed E-state index contributed by atoms with van der Waals surface area (Å²) in [5, 5.41) is 4.31. The molecule has 0 bridgehead atoms. The van der Waals surface area contributed by atoms with E-state index in [1.54, 1.807) is 11.8 Å². The molecular weight excluding hydrogens is 385 g/mol. The minimum Gasteiger partial charge on any atom is -0.316 e. The van der Waals surface area contributed by atoms with Gasteiger partial charge in [-0.25, -0.2) is 0 Å². The molecule has 0 aromatic heterocycles. The van der Waals surface area contributed by atoms with E-state index in [1.807, 2.05) is 25.1 Å². The van der Waals surface area contributed by atoms with Crippen LogP contribution in [0.15, 0.2) is 41.3 Å². The van der Waals surface area contributed by atoms with Gasteiger partial charge in [-0.15, -0.1) is 24.2 Å². The molecule has 140 valence electrons. The number of hydrogen-bond acceptors (Lipinski definition) is 3. The van der Waals surface area contributed by atoms with Crippen molar-refractivity contribution in [3.05, 3.63) is 63.7 Å². The van der Waals surface area contributed by atoms with Crippen molar-refractivity contribution in [2.24, 2.45) is 0 Å². The van der Waals surface area contributed by atoms with E-state index in [1.165, 1.54) is 21.6 Å². The van der Waals surface area contributed by atoms with Gasteiger partial charge in [-0.3, -0.25) is 4.79 Å². The molecule has 0 unspecified atom stereocenters. The molecule has 1 N–H and O–H groups in total. The Morgan fingerprint density at radius 2 is 1.85 bits per heavy atom. The van der Waals surface area contributed by atoms with Crippen LogP contribution in [0.3, 0.4) is 0 Å². The Morgan fingerprint density at radius 1 is 1.12 bits per heavy atom. The second-order valence-electron chi connectivity index (χ2n) is 6.42. The van der Waals surface area contributed by atoms with Gasteiger partial charge in [0.25, 0.3) is 0 Å². The van der Waals surface area contributed by atoms with Gasteiger partial charge in [0.05, 0.1) is 5.02 Å². The SMILES string of the molecule is CCCC(=O)c1ccc(CSc2c(Cl)ccc3c2CCNCC3)cc1.Cl. The maximum Gasteiger partial charge on any atom is 0.162 e. The number of carbonyl (C=O) groups excluding carboxylic acids is 1. The van der Waals surface area contributed by atoms with Gasteiger partial charge in [0, 0.05) is 22.6 Å². The van der Waals surface area contributed by atoms with Crippen molar-refractivity contribution in [2.75, 3.05) is 13.1 Å².